The van der Waals surface area contributed by atoms with Crippen molar-refractivity contribution in [2.45, 2.75) is 6.92 Å². The van der Waals surface area contributed by atoms with Crippen LogP contribution >= 0.6 is 0 Å². The molecule has 8 heteroatoms. The van der Waals surface area contributed by atoms with Gasteiger partial charge in [0.05, 0.1) is 0 Å². The van der Waals surface area contributed by atoms with E-state index in [1.54, 1.807) is 6.92 Å². The standard InChI is InChI=1S/C5H12N8/c1-3(11-13-5(8)9)2-10-12-4(6)7/h2H,1H3,(H4,6,7,12)(H4,8,9,13)/p+2/b10-2?,11-3+. The van der Waals surface area contributed by atoms with Crippen LogP contribution in [0, 0.1) is 0 Å². The van der Waals surface area contributed by atoms with Crippen LogP contribution in [0.25, 0.3) is 0 Å². The van der Waals surface area contributed by atoms with Crippen LogP contribution in [0.4, 0.5) is 0 Å². The maximum atomic E-state index is 5.09. The third-order valence-corrected chi connectivity index (χ3v) is 0.828. The number of nitrogens with zero attached hydrogens (tertiary/aromatic N) is 2. The maximum Gasteiger partial charge on any atom is 0.362 e. The van der Waals surface area contributed by atoms with Gasteiger partial charge in [0.1, 0.15) is 5.71 Å². The quantitative estimate of drug-likeness (QED) is 0.147. The normalized spacial score (nSPS) is 11.3. The molecule has 0 unspecified atom stereocenters. The Morgan fingerprint density at radius 2 is 1.77 bits per heavy atom. The molecule has 13 heavy (non-hydrogen) atoms. The lowest BCUT2D eigenvalue weighted by Gasteiger charge is -1.80. The van der Waals surface area contributed by atoms with Gasteiger partial charge in [-0.1, -0.05) is 0 Å². The molecular formula is C5H14N8+2. The van der Waals surface area contributed by atoms with E-state index < -0.39 is 0 Å². The Balaban J connectivity index is 4.22. The van der Waals surface area contributed by atoms with Gasteiger partial charge >= 0.3 is 5.96 Å². The molecule has 0 spiro atoms. The molecule has 0 saturated heterocycles. The van der Waals surface area contributed by atoms with Crippen molar-refractivity contribution in [3.63, 3.8) is 0 Å². The summed E-state index contributed by atoms with van der Waals surface area (Å²) in [5.41, 5.74) is 20.9. The van der Waals surface area contributed by atoms with Gasteiger partial charge in [0.25, 0.3) is 5.96 Å². The minimum Gasteiger partial charge on any atom is -0.365 e. The van der Waals surface area contributed by atoms with Crippen molar-refractivity contribution in [2.24, 2.45) is 33.1 Å². The second kappa shape index (κ2) is 5.52. The van der Waals surface area contributed by atoms with E-state index in [0.717, 1.165) is 0 Å². The topological polar surface area (TPSA) is 157 Å². The molecule has 0 saturated carbocycles. The SMILES string of the molecule is C/C(C=[NH+]N=C(N)N)=N\[NH+]=C(N)N. The molecule has 10 N–H and O–H groups in total. The summed E-state index contributed by atoms with van der Waals surface area (Å²) in [4.78, 5) is 0. The molecule has 0 aromatic heterocycles. The number of nitrogens with one attached hydrogen (secondary N) is 2. The average Bonchev–Trinajstić information content (AvgIpc) is 2.00. The maximum absolute atomic E-state index is 5.09. The van der Waals surface area contributed by atoms with Crippen molar-refractivity contribution in [1.29, 1.82) is 0 Å². The molecule has 0 amide bonds. The van der Waals surface area contributed by atoms with Crippen LogP contribution in [0.5, 0.6) is 0 Å². The van der Waals surface area contributed by atoms with Crippen molar-refractivity contribution in [1.82, 2.24) is 0 Å². The minimum absolute atomic E-state index is 0.00888. The molecule has 0 bridgehead atoms. The largest absolute Gasteiger partial charge is 0.365 e. The lowest BCUT2D eigenvalue weighted by atomic mass is 10.5. The number of hydrogen-bond donors (Lipinski definition) is 6. The fourth-order valence-corrected chi connectivity index (χ4v) is 0.385. The average molecular weight is 186 g/mol. The molecule has 0 fully saturated rings. The zero-order chi connectivity index (χ0) is 10.3. The summed E-state index contributed by atoms with van der Waals surface area (Å²) < 4.78 is 0. The van der Waals surface area contributed by atoms with Crippen LogP contribution in [0.1, 0.15) is 6.92 Å². The Bertz CT molecular complexity index is 264. The molecule has 0 aromatic rings. The fourth-order valence-electron chi connectivity index (χ4n) is 0.385. The molecule has 0 aliphatic rings. The molecule has 0 aliphatic heterocycles. The highest BCUT2D eigenvalue weighted by Crippen LogP contribution is 1.55. The van der Waals surface area contributed by atoms with Crippen molar-refractivity contribution in [3.05, 3.63) is 0 Å². The zero-order valence-corrected chi connectivity index (χ0v) is 7.28. The van der Waals surface area contributed by atoms with Gasteiger partial charge in [-0.2, -0.15) is 5.10 Å². The molecule has 0 atom stereocenters. The fraction of sp³-hybridized carbons (Fsp3) is 0.200. The summed E-state index contributed by atoms with van der Waals surface area (Å²) >= 11 is 0. The summed E-state index contributed by atoms with van der Waals surface area (Å²) in [6, 6.07) is 0. The molecule has 0 radical (unpaired) electrons. The van der Waals surface area contributed by atoms with Crippen molar-refractivity contribution in [3.8, 4) is 0 Å². The van der Waals surface area contributed by atoms with E-state index in [2.05, 4.69) is 20.4 Å². The van der Waals surface area contributed by atoms with E-state index in [0.29, 0.717) is 5.71 Å². The third-order valence-electron chi connectivity index (χ3n) is 0.828. The van der Waals surface area contributed by atoms with Gasteiger partial charge in [-0.3, -0.25) is 11.5 Å². The molecular weight excluding hydrogens is 172 g/mol. The first-order valence-electron chi connectivity index (χ1n) is 3.38. The second-order valence-electron chi connectivity index (χ2n) is 2.13. The summed E-state index contributed by atoms with van der Waals surface area (Å²) in [7, 11) is 0. The summed E-state index contributed by atoms with van der Waals surface area (Å²) in [5, 5.41) is 12.0. The second-order valence-corrected chi connectivity index (χ2v) is 2.13. The van der Waals surface area contributed by atoms with Crippen molar-refractivity contribution in [2.75, 3.05) is 0 Å². The highest BCUT2D eigenvalue weighted by molar-refractivity contribution is 6.26. The van der Waals surface area contributed by atoms with Crippen LogP contribution in [0.2, 0.25) is 0 Å². The molecule has 0 rings (SSSR count). The summed E-state index contributed by atoms with van der Waals surface area (Å²) in [5.74, 6) is -0.0588. The van der Waals surface area contributed by atoms with Gasteiger partial charge in [-0.15, -0.1) is 10.2 Å². The molecule has 0 heterocycles. The monoisotopic (exact) mass is 186 g/mol. The van der Waals surface area contributed by atoms with Crippen LogP contribution in [0.15, 0.2) is 10.2 Å². The number of guanidine groups is 2. The summed E-state index contributed by atoms with van der Waals surface area (Å²) in [6.45, 7) is 1.70. The number of hydrogen-bond acceptors (Lipinski definition) is 2. The van der Waals surface area contributed by atoms with Gasteiger partial charge < -0.3 is 11.5 Å². The van der Waals surface area contributed by atoms with Crippen LogP contribution in [-0.4, -0.2) is 23.8 Å². The Morgan fingerprint density at radius 3 is 2.23 bits per heavy atom. The summed E-state index contributed by atoms with van der Waals surface area (Å²) in [6.07, 6.45) is 1.47. The van der Waals surface area contributed by atoms with Crippen LogP contribution in [-0.2, 0) is 0 Å². The molecule has 0 aromatic carbocycles. The van der Waals surface area contributed by atoms with Gasteiger partial charge in [-0.25, -0.2) is 0 Å². The highest BCUT2D eigenvalue weighted by atomic mass is 15.3. The van der Waals surface area contributed by atoms with Crippen LogP contribution in [0.3, 0.4) is 0 Å². The number of hydrazone groups is 2. The first-order chi connectivity index (χ1) is 6.02. The van der Waals surface area contributed by atoms with E-state index in [1.807, 2.05) is 0 Å². The zero-order valence-electron chi connectivity index (χ0n) is 7.28. The smallest absolute Gasteiger partial charge is 0.362 e. The first kappa shape index (κ1) is 10.9. The number of nitrogens with two attached hydrogens (primary N) is 4. The Hall–Kier alpha value is -2.12. The van der Waals surface area contributed by atoms with Crippen LogP contribution < -0.4 is 33.1 Å². The van der Waals surface area contributed by atoms with Gasteiger partial charge in [-0.05, 0) is 6.92 Å². The third kappa shape index (κ3) is 7.78. The predicted molar refractivity (Wildman–Crippen MR) is 50.3 cm³/mol. The van der Waals surface area contributed by atoms with E-state index in [4.69, 9.17) is 22.9 Å². The Labute approximate surface area is 75.1 Å². The van der Waals surface area contributed by atoms with E-state index in [9.17, 15) is 0 Å². The highest BCUT2D eigenvalue weighted by Gasteiger charge is 1.90. The van der Waals surface area contributed by atoms with Gasteiger partial charge in [0.2, 0.25) is 6.21 Å². The minimum atomic E-state index is -0.0677. The first-order valence-corrected chi connectivity index (χ1v) is 3.38. The van der Waals surface area contributed by atoms with E-state index in [-0.39, 0.29) is 11.9 Å². The lowest BCUT2D eigenvalue weighted by molar-refractivity contribution is -0.466. The Kier molecular flexibility index (Phi) is 4.62. The van der Waals surface area contributed by atoms with E-state index in [1.165, 1.54) is 6.21 Å². The van der Waals surface area contributed by atoms with Crippen molar-refractivity contribution < 1.29 is 10.2 Å². The molecule has 8 nitrogen and oxygen atoms in total. The lowest BCUT2D eigenvalue weighted by Crippen LogP contribution is -2.73. The number of rotatable bonds is 3. The predicted octanol–water partition coefficient (Wildman–Crippen LogP) is -5.94. The van der Waals surface area contributed by atoms with Gasteiger partial charge in [0, 0.05) is 5.10 Å². The van der Waals surface area contributed by atoms with Gasteiger partial charge in [0.15, 0.2) is 0 Å². The van der Waals surface area contributed by atoms with E-state index >= 15 is 0 Å². The molecule has 72 valence electrons. The Morgan fingerprint density at radius 1 is 1.15 bits per heavy atom. The van der Waals surface area contributed by atoms with Crippen molar-refractivity contribution >= 4 is 23.8 Å². The molecule has 0 aliphatic carbocycles.